The molecule has 1 rings (SSSR count). The van der Waals surface area contributed by atoms with Crippen molar-refractivity contribution in [1.82, 2.24) is 10.2 Å². The zero-order valence-corrected chi connectivity index (χ0v) is 12.7. The minimum atomic E-state index is 0.0403. The summed E-state index contributed by atoms with van der Waals surface area (Å²) in [6.45, 7) is 9.04. The van der Waals surface area contributed by atoms with Crippen LogP contribution in [0.3, 0.4) is 0 Å². The second-order valence-corrected chi connectivity index (χ2v) is 4.68. The standard InChI is InChI=1S/C13H23N5O2/c1-6-18(8(2)7-20-5)13-11(12(14)17-19)9(3)10(4)15-16-13/h8,19H,6-7H2,1-5H3,(H2,14,17). The Morgan fingerprint density at radius 1 is 1.45 bits per heavy atom. The quantitative estimate of drug-likeness (QED) is 0.350. The van der Waals surface area contributed by atoms with Gasteiger partial charge in [0.15, 0.2) is 11.7 Å². The first-order valence-electron chi connectivity index (χ1n) is 6.55. The molecule has 112 valence electrons. The highest BCUT2D eigenvalue weighted by atomic mass is 16.5. The van der Waals surface area contributed by atoms with Gasteiger partial charge in [0.25, 0.3) is 0 Å². The maximum absolute atomic E-state index is 9.00. The summed E-state index contributed by atoms with van der Waals surface area (Å²) >= 11 is 0. The molecule has 0 aliphatic heterocycles. The molecule has 1 unspecified atom stereocenters. The van der Waals surface area contributed by atoms with Gasteiger partial charge in [0.05, 0.1) is 23.9 Å². The molecule has 20 heavy (non-hydrogen) atoms. The molecule has 0 spiro atoms. The first kappa shape index (κ1) is 16.2. The Kier molecular flexibility index (Phi) is 5.69. The third-order valence-corrected chi connectivity index (χ3v) is 3.35. The maximum Gasteiger partial charge on any atom is 0.174 e. The number of methoxy groups -OCH3 is 1. The van der Waals surface area contributed by atoms with Crippen molar-refractivity contribution in [1.29, 1.82) is 0 Å². The largest absolute Gasteiger partial charge is 0.409 e. The Morgan fingerprint density at radius 3 is 2.60 bits per heavy atom. The first-order valence-corrected chi connectivity index (χ1v) is 6.55. The van der Waals surface area contributed by atoms with E-state index in [0.717, 1.165) is 11.3 Å². The second kappa shape index (κ2) is 7.04. The molecule has 1 aromatic rings. The van der Waals surface area contributed by atoms with E-state index in [0.29, 0.717) is 24.5 Å². The Morgan fingerprint density at radius 2 is 2.10 bits per heavy atom. The van der Waals surface area contributed by atoms with Gasteiger partial charge >= 0.3 is 0 Å². The van der Waals surface area contributed by atoms with Crippen LogP contribution in [-0.4, -0.2) is 47.5 Å². The molecule has 0 amide bonds. The van der Waals surface area contributed by atoms with Crippen LogP contribution in [0.25, 0.3) is 0 Å². The van der Waals surface area contributed by atoms with Gasteiger partial charge in [-0.05, 0) is 33.3 Å². The van der Waals surface area contributed by atoms with Gasteiger partial charge in [-0.3, -0.25) is 0 Å². The summed E-state index contributed by atoms with van der Waals surface area (Å²) in [6.07, 6.45) is 0. The molecule has 3 N–H and O–H groups in total. The molecule has 7 nitrogen and oxygen atoms in total. The van der Waals surface area contributed by atoms with Crippen LogP contribution < -0.4 is 10.6 Å². The normalized spacial score (nSPS) is 13.3. The third-order valence-electron chi connectivity index (χ3n) is 3.35. The molecule has 0 saturated carbocycles. The average Bonchev–Trinajstić information content (AvgIpc) is 2.43. The number of anilines is 1. The van der Waals surface area contributed by atoms with Gasteiger partial charge in [0.2, 0.25) is 0 Å². The summed E-state index contributed by atoms with van der Waals surface area (Å²) < 4.78 is 5.19. The average molecular weight is 281 g/mol. The van der Waals surface area contributed by atoms with Crippen LogP contribution in [0.4, 0.5) is 5.82 Å². The molecular weight excluding hydrogens is 258 g/mol. The van der Waals surface area contributed by atoms with Crippen LogP contribution in [-0.2, 0) is 4.74 Å². The molecule has 1 aromatic heterocycles. The van der Waals surface area contributed by atoms with E-state index >= 15 is 0 Å². The number of nitrogens with zero attached hydrogens (tertiary/aromatic N) is 4. The molecule has 0 saturated heterocycles. The Balaban J connectivity index is 3.39. The summed E-state index contributed by atoms with van der Waals surface area (Å²) in [7, 11) is 1.65. The van der Waals surface area contributed by atoms with E-state index in [1.807, 2.05) is 32.6 Å². The second-order valence-electron chi connectivity index (χ2n) is 4.68. The molecule has 0 radical (unpaired) electrons. The van der Waals surface area contributed by atoms with Gasteiger partial charge in [-0.25, -0.2) is 0 Å². The lowest BCUT2D eigenvalue weighted by atomic mass is 10.1. The zero-order valence-electron chi connectivity index (χ0n) is 12.7. The minimum absolute atomic E-state index is 0.0403. The van der Waals surface area contributed by atoms with Crippen LogP contribution >= 0.6 is 0 Å². The summed E-state index contributed by atoms with van der Waals surface area (Å²) in [5.74, 6) is 0.647. The van der Waals surface area contributed by atoms with Crippen molar-refractivity contribution >= 4 is 11.7 Å². The van der Waals surface area contributed by atoms with E-state index in [-0.39, 0.29) is 11.9 Å². The number of hydrogen-bond acceptors (Lipinski definition) is 6. The molecule has 0 bridgehead atoms. The fourth-order valence-corrected chi connectivity index (χ4v) is 2.16. The van der Waals surface area contributed by atoms with Crippen molar-refractivity contribution in [2.75, 3.05) is 25.2 Å². The van der Waals surface area contributed by atoms with Crippen LogP contribution in [0.2, 0.25) is 0 Å². The fourth-order valence-electron chi connectivity index (χ4n) is 2.16. The first-order chi connectivity index (χ1) is 9.47. The summed E-state index contributed by atoms with van der Waals surface area (Å²) in [5, 5.41) is 20.5. The summed E-state index contributed by atoms with van der Waals surface area (Å²) in [5.41, 5.74) is 8.03. The number of aromatic nitrogens is 2. The number of likely N-dealkylation sites (N-methyl/N-ethyl adjacent to an activating group) is 1. The smallest absolute Gasteiger partial charge is 0.174 e. The van der Waals surface area contributed by atoms with Crippen molar-refractivity contribution in [3.8, 4) is 0 Å². The fraction of sp³-hybridized carbons (Fsp3) is 0.615. The van der Waals surface area contributed by atoms with E-state index in [2.05, 4.69) is 15.4 Å². The van der Waals surface area contributed by atoms with Crippen LogP contribution in [0.1, 0.15) is 30.7 Å². The van der Waals surface area contributed by atoms with Gasteiger partial charge in [-0.1, -0.05) is 5.16 Å². The van der Waals surface area contributed by atoms with Crippen molar-refractivity contribution in [2.24, 2.45) is 10.9 Å². The molecule has 0 fully saturated rings. The van der Waals surface area contributed by atoms with Crippen LogP contribution in [0, 0.1) is 13.8 Å². The molecule has 0 aromatic carbocycles. The molecule has 1 atom stereocenters. The molecule has 0 aliphatic carbocycles. The van der Waals surface area contributed by atoms with Crippen molar-refractivity contribution in [2.45, 2.75) is 33.7 Å². The van der Waals surface area contributed by atoms with Crippen LogP contribution in [0.5, 0.6) is 0 Å². The SMILES string of the molecule is CCN(c1nnc(C)c(C)c1C(N)=NO)C(C)COC. The Labute approximate surface area is 119 Å². The highest BCUT2D eigenvalue weighted by molar-refractivity contribution is 6.02. The highest BCUT2D eigenvalue weighted by Gasteiger charge is 2.22. The Hall–Kier alpha value is -1.89. The summed E-state index contributed by atoms with van der Waals surface area (Å²) in [6, 6.07) is 0.103. The lowest BCUT2D eigenvalue weighted by Gasteiger charge is -2.30. The molecular formula is C13H23N5O2. The predicted octanol–water partition coefficient (Wildman–Crippen LogP) is 1.05. The van der Waals surface area contributed by atoms with Gasteiger partial charge in [-0.2, -0.15) is 5.10 Å². The highest BCUT2D eigenvalue weighted by Crippen LogP contribution is 2.23. The monoisotopic (exact) mass is 281 g/mol. The van der Waals surface area contributed by atoms with E-state index in [4.69, 9.17) is 15.7 Å². The van der Waals surface area contributed by atoms with E-state index in [1.54, 1.807) is 7.11 Å². The minimum Gasteiger partial charge on any atom is -0.409 e. The topological polar surface area (TPSA) is 96.9 Å². The van der Waals surface area contributed by atoms with Gasteiger partial charge in [0.1, 0.15) is 0 Å². The van der Waals surface area contributed by atoms with E-state index in [1.165, 1.54) is 0 Å². The van der Waals surface area contributed by atoms with Crippen molar-refractivity contribution < 1.29 is 9.94 Å². The number of rotatable bonds is 6. The van der Waals surface area contributed by atoms with Crippen LogP contribution in [0.15, 0.2) is 5.16 Å². The van der Waals surface area contributed by atoms with Gasteiger partial charge in [0, 0.05) is 13.7 Å². The number of amidine groups is 1. The lowest BCUT2D eigenvalue weighted by Crippen LogP contribution is -2.39. The molecule has 7 heteroatoms. The van der Waals surface area contributed by atoms with E-state index < -0.39 is 0 Å². The van der Waals surface area contributed by atoms with Gasteiger partial charge < -0.3 is 20.6 Å². The van der Waals surface area contributed by atoms with Crippen molar-refractivity contribution in [3.63, 3.8) is 0 Å². The van der Waals surface area contributed by atoms with E-state index in [9.17, 15) is 0 Å². The maximum atomic E-state index is 9.00. The third kappa shape index (κ3) is 3.16. The zero-order chi connectivity index (χ0) is 15.3. The Bertz CT molecular complexity index is 490. The molecule has 0 aliphatic rings. The van der Waals surface area contributed by atoms with Gasteiger partial charge in [-0.15, -0.1) is 5.10 Å². The summed E-state index contributed by atoms with van der Waals surface area (Å²) in [4.78, 5) is 2.02. The predicted molar refractivity (Wildman–Crippen MR) is 78.4 cm³/mol. The number of aryl methyl sites for hydroxylation is 1. The lowest BCUT2D eigenvalue weighted by molar-refractivity contribution is 0.181. The molecule has 1 heterocycles. The van der Waals surface area contributed by atoms with Crippen molar-refractivity contribution in [3.05, 3.63) is 16.8 Å². The number of ether oxygens (including phenoxy) is 1. The number of oxime groups is 1. The number of hydrogen-bond donors (Lipinski definition) is 2. The number of nitrogens with two attached hydrogens (primary N) is 1.